The molecular formula is C23H24N2O4S. The van der Waals surface area contributed by atoms with Crippen molar-refractivity contribution < 1.29 is 19.1 Å². The molecule has 1 N–H and O–H groups in total. The highest BCUT2D eigenvalue weighted by atomic mass is 32.2. The molecular weight excluding hydrogens is 400 g/mol. The van der Waals surface area contributed by atoms with Crippen molar-refractivity contribution in [2.45, 2.75) is 13.0 Å². The van der Waals surface area contributed by atoms with Gasteiger partial charge in [0, 0.05) is 37.1 Å². The summed E-state index contributed by atoms with van der Waals surface area (Å²) in [6, 6.07) is 15.6. The van der Waals surface area contributed by atoms with Gasteiger partial charge in [0.15, 0.2) is 0 Å². The first-order chi connectivity index (χ1) is 14.5. The van der Waals surface area contributed by atoms with Crippen LogP contribution in [0.4, 0.5) is 0 Å². The monoisotopic (exact) mass is 424 g/mol. The van der Waals surface area contributed by atoms with Crippen LogP contribution < -0.4 is 10.1 Å². The summed E-state index contributed by atoms with van der Waals surface area (Å²) in [6.07, 6.45) is 3.96. The molecule has 0 saturated carbocycles. The molecule has 1 aliphatic heterocycles. The summed E-state index contributed by atoms with van der Waals surface area (Å²) in [5.41, 5.74) is 1.49. The van der Waals surface area contributed by atoms with Gasteiger partial charge in [-0.15, -0.1) is 0 Å². The lowest BCUT2D eigenvalue weighted by Gasteiger charge is -2.23. The van der Waals surface area contributed by atoms with Crippen molar-refractivity contribution in [2.75, 3.05) is 24.6 Å². The Balaban J connectivity index is 1.60. The van der Waals surface area contributed by atoms with Gasteiger partial charge in [-0.2, -0.15) is 11.8 Å². The molecule has 2 aromatic carbocycles. The fourth-order valence-electron chi connectivity index (χ4n) is 3.02. The first-order valence-corrected chi connectivity index (χ1v) is 10.9. The van der Waals surface area contributed by atoms with Crippen LogP contribution in [0.2, 0.25) is 0 Å². The number of carbonyl (C=O) groups excluding carboxylic acids is 3. The Morgan fingerprint density at radius 2 is 1.90 bits per heavy atom. The number of amides is 2. The van der Waals surface area contributed by atoms with Crippen molar-refractivity contribution in [2.24, 2.45) is 0 Å². The van der Waals surface area contributed by atoms with Crippen LogP contribution in [0.3, 0.4) is 0 Å². The SMILES string of the molecule is CC(=O)Oc1ccc(C(=O)NC2CSCCN(CC=Cc3ccccc3)C2=O)cc1. The minimum Gasteiger partial charge on any atom is -0.427 e. The van der Waals surface area contributed by atoms with E-state index in [2.05, 4.69) is 5.32 Å². The molecule has 0 aromatic heterocycles. The molecule has 6 nitrogen and oxygen atoms in total. The third-order valence-electron chi connectivity index (χ3n) is 4.52. The number of thioether (sulfide) groups is 1. The van der Waals surface area contributed by atoms with Gasteiger partial charge in [0.1, 0.15) is 11.8 Å². The third kappa shape index (κ3) is 6.22. The van der Waals surface area contributed by atoms with Crippen LogP contribution in [-0.2, 0) is 9.59 Å². The summed E-state index contributed by atoms with van der Waals surface area (Å²) in [6.45, 7) is 2.46. The van der Waals surface area contributed by atoms with E-state index in [1.807, 2.05) is 42.5 Å². The molecule has 30 heavy (non-hydrogen) atoms. The largest absolute Gasteiger partial charge is 0.427 e. The maximum atomic E-state index is 12.9. The first kappa shape index (κ1) is 21.6. The van der Waals surface area contributed by atoms with Crippen molar-refractivity contribution in [1.29, 1.82) is 0 Å². The molecule has 0 radical (unpaired) electrons. The number of carbonyl (C=O) groups is 3. The lowest BCUT2D eigenvalue weighted by molar-refractivity contribution is -0.132. The zero-order valence-corrected chi connectivity index (χ0v) is 17.6. The molecule has 2 amide bonds. The predicted molar refractivity (Wildman–Crippen MR) is 118 cm³/mol. The summed E-state index contributed by atoms with van der Waals surface area (Å²) in [4.78, 5) is 38.3. The van der Waals surface area contributed by atoms with Gasteiger partial charge in [0.05, 0.1) is 0 Å². The number of ether oxygens (including phenoxy) is 1. The van der Waals surface area contributed by atoms with E-state index in [1.165, 1.54) is 6.92 Å². The van der Waals surface area contributed by atoms with Crippen molar-refractivity contribution in [1.82, 2.24) is 10.2 Å². The maximum Gasteiger partial charge on any atom is 0.308 e. The second kappa shape index (κ2) is 10.6. The number of nitrogens with one attached hydrogen (secondary N) is 1. The average molecular weight is 425 g/mol. The lowest BCUT2D eigenvalue weighted by atomic mass is 10.1. The summed E-state index contributed by atoms with van der Waals surface area (Å²) >= 11 is 1.65. The van der Waals surface area contributed by atoms with Gasteiger partial charge in [0.25, 0.3) is 5.91 Å². The second-order valence-corrected chi connectivity index (χ2v) is 7.97. The number of hydrogen-bond acceptors (Lipinski definition) is 5. The smallest absolute Gasteiger partial charge is 0.308 e. The fourth-order valence-corrected chi connectivity index (χ4v) is 4.00. The van der Waals surface area contributed by atoms with Crippen LogP contribution in [0.25, 0.3) is 6.08 Å². The van der Waals surface area contributed by atoms with E-state index in [1.54, 1.807) is 40.9 Å². The average Bonchev–Trinajstić information content (AvgIpc) is 2.91. The molecule has 1 heterocycles. The molecule has 0 aliphatic carbocycles. The fraction of sp³-hybridized carbons (Fsp3) is 0.261. The lowest BCUT2D eigenvalue weighted by Crippen LogP contribution is -2.49. The van der Waals surface area contributed by atoms with Crippen LogP contribution in [0, 0.1) is 0 Å². The molecule has 3 rings (SSSR count). The minimum atomic E-state index is -0.580. The van der Waals surface area contributed by atoms with Crippen LogP contribution in [0.5, 0.6) is 5.75 Å². The van der Waals surface area contributed by atoms with Crippen LogP contribution >= 0.6 is 11.8 Å². The van der Waals surface area contributed by atoms with E-state index in [-0.39, 0.29) is 11.8 Å². The Hall–Kier alpha value is -3.06. The zero-order chi connectivity index (χ0) is 21.3. The summed E-state index contributed by atoms with van der Waals surface area (Å²) in [5, 5.41) is 2.84. The summed E-state index contributed by atoms with van der Waals surface area (Å²) in [5.74, 6) is 0.905. The van der Waals surface area contributed by atoms with E-state index in [4.69, 9.17) is 4.74 Å². The van der Waals surface area contributed by atoms with Gasteiger partial charge in [-0.1, -0.05) is 42.5 Å². The molecule has 1 atom stereocenters. The molecule has 1 saturated heterocycles. The second-order valence-electron chi connectivity index (χ2n) is 6.82. The van der Waals surface area contributed by atoms with Gasteiger partial charge in [0.2, 0.25) is 5.91 Å². The third-order valence-corrected chi connectivity index (χ3v) is 5.56. The number of rotatable bonds is 6. The Morgan fingerprint density at radius 3 is 2.60 bits per heavy atom. The molecule has 1 fully saturated rings. The topological polar surface area (TPSA) is 75.7 Å². The Kier molecular flexibility index (Phi) is 7.68. The maximum absolute atomic E-state index is 12.9. The molecule has 0 spiro atoms. The predicted octanol–water partition coefficient (Wildman–Crippen LogP) is 3.00. The van der Waals surface area contributed by atoms with Gasteiger partial charge in [-0.25, -0.2) is 0 Å². The van der Waals surface area contributed by atoms with Gasteiger partial charge in [-0.3, -0.25) is 14.4 Å². The molecule has 156 valence electrons. The highest BCUT2D eigenvalue weighted by Crippen LogP contribution is 2.15. The number of benzene rings is 2. The van der Waals surface area contributed by atoms with Crippen molar-refractivity contribution >= 4 is 35.6 Å². The van der Waals surface area contributed by atoms with Crippen molar-refractivity contribution in [3.05, 3.63) is 71.8 Å². The van der Waals surface area contributed by atoms with Crippen molar-refractivity contribution in [3.63, 3.8) is 0 Å². The molecule has 7 heteroatoms. The Bertz CT molecular complexity index is 913. The number of hydrogen-bond donors (Lipinski definition) is 1. The van der Waals surface area contributed by atoms with E-state index in [0.29, 0.717) is 30.2 Å². The zero-order valence-electron chi connectivity index (χ0n) is 16.7. The highest BCUT2D eigenvalue weighted by molar-refractivity contribution is 7.99. The van der Waals surface area contributed by atoms with Crippen LogP contribution in [-0.4, -0.2) is 53.3 Å². The van der Waals surface area contributed by atoms with E-state index in [0.717, 1.165) is 11.3 Å². The van der Waals surface area contributed by atoms with Crippen LogP contribution in [0.15, 0.2) is 60.7 Å². The van der Waals surface area contributed by atoms with Gasteiger partial charge in [-0.05, 0) is 29.8 Å². The summed E-state index contributed by atoms with van der Waals surface area (Å²) in [7, 11) is 0. The minimum absolute atomic E-state index is 0.0809. The highest BCUT2D eigenvalue weighted by Gasteiger charge is 2.28. The van der Waals surface area contributed by atoms with Crippen LogP contribution in [0.1, 0.15) is 22.8 Å². The van der Waals surface area contributed by atoms with E-state index >= 15 is 0 Å². The quantitative estimate of drug-likeness (QED) is 0.570. The molecule has 2 aromatic rings. The Morgan fingerprint density at radius 1 is 1.17 bits per heavy atom. The number of nitrogens with zero attached hydrogens (tertiary/aromatic N) is 1. The number of esters is 1. The standard InChI is InChI=1S/C23H24N2O4S/c1-17(26)29-20-11-9-19(10-12-20)22(27)24-21-16-30-15-14-25(23(21)28)13-5-8-18-6-3-2-4-7-18/h2-12,21H,13-16H2,1H3,(H,24,27). The first-order valence-electron chi connectivity index (χ1n) is 9.70. The summed E-state index contributed by atoms with van der Waals surface area (Å²) < 4.78 is 4.97. The van der Waals surface area contributed by atoms with Gasteiger partial charge >= 0.3 is 5.97 Å². The molecule has 0 bridgehead atoms. The van der Waals surface area contributed by atoms with Crippen molar-refractivity contribution in [3.8, 4) is 5.75 Å². The normalized spacial score (nSPS) is 16.9. The van der Waals surface area contributed by atoms with E-state index in [9.17, 15) is 14.4 Å². The molecule has 1 aliphatic rings. The van der Waals surface area contributed by atoms with E-state index < -0.39 is 12.0 Å². The Labute approximate surface area is 180 Å². The van der Waals surface area contributed by atoms with Gasteiger partial charge < -0.3 is 15.0 Å². The molecule has 1 unspecified atom stereocenters.